The second-order valence-corrected chi connectivity index (χ2v) is 29.6. The second kappa shape index (κ2) is 25.0. The van der Waals surface area contributed by atoms with Crippen LogP contribution >= 0.6 is 35.3 Å². The van der Waals surface area contributed by atoms with Crippen LogP contribution in [0.25, 0.3) is 34.2 Å². The summed E-state index contributed by atoms with van der Waals surface area (Å²) in [6.45, 7) is 0. The monoisotopic (exact) mass is 1450 g/mol. The van der Waals surface area contributed by atoms with Gasteiger partial charge in [0.05, 0.1) is 68.2 Å². The fourth-order valence-electron chi connectivity index (χ4n) is 15.2. The zero-order valence-electron chi connectivity index (χ0n) is 57.0. The van der Waals surface area contributed by atoms with Crippen LogP contribution in [0.1, 0.15) is 0 Å². The highest BCUT2D eigenvalue weighted by Gasteiger charge is 2.35. The fraction of sp³-hybridized carbons (Fsp3) is 0. The molecule has 22 rings (SSSR count). The van der Waals surface area contributed by atoms with E-state index in [0.29, 0.717) is 51.6 Å². The summed E-state index contributed by atoms with van der Waals surface area (Å²) in [5.74, 6) is 8.23. The number of fused-ring (bicyclic) bond motifs is 12. The Hall–Kier alpha value is -13.7. The van der Waals surface area contributed by atoms with Gasteiger partial charge in [0, 0.05) is 81.7 Å². The molecule has 0 saturated heterocycles. The van der Waals surface area contributed by atoms with Gasteiger partial charge in [-0.3, -0.25) is 14.7 Å². The van der Waals surface area contributed by atoms with Crippen LogP contribution in [0.15, 0.2) is 357 Å². The van der Waals surface area contributed by atoms with E-state index in [1.54, 1.807) is 35.3 Å². The van der Waals surface area contributed by atoms with Gasteiger partial charge in [-0.15, -0.1) is 0 Å². The summed E-state index contributed by atoms with van der Waals surface area (Å²) in [5.41, 5.74) is 16.8. The van der Waals surface area contributed by atoms with Crippen LogP contribution < -0.4 is 43.6 Å². The lowest BCUT2D eigenvalue weighted by Gasteiger charge is -2.35. The van der Waals surface area contributed by atoms with E-state index in [1.165, 1.54) is 0 Å². The first-order valence-corrected chi connectivity index (χ1v) is 37.7. The minimum absolute atomic E-state index is 0.479. The maximum atomic E-state index is 6.46. The first-order valence-electron chi connectivity index (χ1n) is 35.3. The van der Waals surface area contributed by atoms with Crippen LogP contribution in [0.5, 0.6) is 34.5 Å². The van der Waals surface area contributed by atoms with Gasteiger partial charge in [-0.05, 0) is 200 Å². The van der Waals surface area contributed by atoms with Crippen molar-refractivity contribution in [2.24, 2.45) is 0 Å². The molecule has 0 bridgehead atoms. The lowest BCUT2D eigenvalue weighted by atomic mass is 10.0. The molecule has 6 aliphatic heterocycles. The summed E-state index contributed by atoms with van der Waals surface area (Å²) in [6, 6.07) is 107. The predicted molar refractivity (Wildman–Crippen MR) is 430 cm³/mol. The number of nitrogens with zero attached hydrogens (tertiary/aromatic N) is 12. The summed E-state index contributed by atoms with van der Waals surface area (Å²) in [7, 11) is 0. The van der Waals surface area contributed by atoms with E-state index in [1.807, 2.05) is 110 Å². The molecule has 0 spiro atoms. The summed E-state index contributed by atoms with van der Waals surface area (Å²) >= 11 is 5.22. The minimum Gasteiger partial charge on any atom is -0.453 e. The molecule has 15 nitrogen and oxygen atoms in total. The molecule has 0 amide bonds. The molecule has 0 N–H and O–H groups in total. The topological polar surface area (TPSA) is 124 Å². The smallest absolute Gasteiger partial charge is 0.161 e. The van der Waals surface area contributed by atoms with Crippen molar-refractivity contribution in [3.63, 3.8) is 0 Å². The number of anilines is 18. The number of para-hydroxylation sites is 15. The first-order chi connectivity index (χ1) is 53.5. The SMILES string of the molecule is c1ccc2c(c1)Oc1ccccc1N2c1ccc2c(c1)Sc1ccccc1N2c1ccnc(-c2cc(-c3nccc(N4c5ccccc5Sc5cc(N6c7ccccc7Oc7ccccc76)ccc54)n3)cc(-c3nccc(N4c5ccccc5Sc5cc(N6c7ccccc7Oc7ccccc76)ccc54)n3)c2)n1. The Bertz CT molecular complexity index is 5660. The quantitative estimate of drug-likeness (QED) is 0.136. The average Bonchev–Trinajstić information content (AvgIpc) is 0.748. The highest BCUT2D eigenvalue weighted by molar-refractivity contribution is 8.00. The van der Waals surface area contributed by atoms with E-state index in [4.69, 9.17) is 44.1 Å². The van der Waals surface area contributed by atoms with E-state index < -0.39 is 0 Å². The van der Waals surface area contributed by atoms with Gasteiger partial charge in [0.2, 0.25) is 0 Å². The van der Waals surface area contributed by atoms with Crippen LogP contribution in [0.4, 0.5) is 103 Å². The molecule has 0 radical (unpaired) electrons. The number of hydrogen-bond donors (Lipinski definition) is 0. The Balaban J connectivity index is 0.679. The summed E-state index contributed by atoms with van der Waals surface area (Å²) in [4.78, 5) is 52.1. The van der Waals surface area contributed by atoms with Crippen LogP contribution in [0.2, 0.25) is 0 Å². The third-order valence-electron chi connectivity index (χ3n) is 19.9. The summed E-state index contributed by atoms with van der Waals surface area (Å²) in [5, 5.41) is 0. The second-order valence-electron chi connectivity index (χ2n) is 26.3. The summed E-state index contributed by atoms with van der Waals surface area (Å²) < 4.78 is 19.4. The Morgan fingerprint density at radius 1 is 0.204 bits per heavy atom. The highest BCUT2D eigenvalue weighted by Crippen LogP contribution is 2.60. The van der Waals surface area contributed by atoms with Gasteiger partial charge in [-0.1, -0.05) is 144 Å². The Morgan fingerprint density at radius 2 is 0.435 bits per heavy atom. The molecule has 13 aromatic carbocycles. The molecular formula is C90H54N12O3S3. The third-order valence-corrected chi connectivity index (χ3v) is 23.3. The molecule has 6 aliphatic rings. The Kier molecular flexibility index (Phi) is 14.3. The molecule has 0 fully saturated rings. The largest absolute Gasteiger partial charge is 0.453 e. The number of ether oxygens (including phenoxy) is 3. The molecule has 16 aromatic rings. The van der Waals surface area contributed by atoms with Gasteiger partial charge in [-0.25, -0.2) is 29.9 Å². The summed E-state index contributed by atoms with van der Waals surface area (Å²) in [6.07, 6.45) is 5.53. The van der Waals surface area contributed by atoms with Crippen molar-refractivity contribution in [1.82, 2.24) is 29.9 Å². The van der Waals surface area contributed by atoms with Crippen molar-refractivity contribution in [3.8, 4) is 68.7 Å². The lowest BCUT2D eigenvalue weighted by molar-refractivity contribution is 0.476. The minimum atomic E-state index is 0.479. The molecule has 9 heterocycles. The Morgan fingerprint density at radius 3 is 0.704 bits per heavy atom. The number of aromatic nitrogens is 6. The van der Waals surface area contributed by atoms with Crippen molar-refractivity contribution in [2.75, 3.05) is 29.4 Å². The third kappa shape index (κ3) is 10.2. The van der Waals surface area contributed by atoms with Gasteiger partial charge in [0.25, 0.3) is 0 Å². The first kappa shape index (κ1) is 61.8. The van der Waals surface area contributed by atoms with Crippen molar-refractivity contribution >= 4 is 138 Å². The van der Waals surface area contributed by atoms with E-state index in [2.05, 4.69) is 248 Å². The average molecular weight is 1450 g/mol. The number of hydrogen-bond acceptors (Lipinski definition) is 18. The number of benzene rings is 13. The lowest BCUT2D eigenvalue weighted by Crippen LogP contribution is -2.18. The van der Waals surface area contributed by atoms with Gasteiger partial charge in [0.15, 0.2) is 52.0 Å². The Labute approximate surface area is 633 Å². The van der Waals surface area contributed by atoms with E-state index in [-0.39, 0.29) is 0 Å². The maximum absolute atomic E-state index is 6.46. The van der Waals surface area contributed by atoms with Crippen LogP contribution in [-0.2, 0) is 0 Å². The van der Waals surface area contributed by atoms with Crippen molar-refractivity contribution in [3.05, 3.63) is 328 Å². The zero-order chi connectivity index (χ0) is 70.9. The highest BCUT2D eigenvalue weighted by atomic mass is 32.2. The van der Waals surface area contributed by atoms with Crippen molar-refractivity contribution in [2.45, 2.75) is 29.4 Å². The number of rotatable bonds is 9. The predicted octanol–water partition coefficient (Wildman–Crippen LogP) is 25.6. The molecule has 108 heavy (non-hydrogen) atoms. The van der Waals surface area contributed by atoms with Gasteiger partial charge >= 0.3 is 0 Å². The van der Waals surface area contributed by atoms with Crippen molar-refractivity contribution < 1.29 is 14.2 Å². The van der Waals surface area contributed by atoms with Crippen LogP contribution in [-0.4, -0.2) is 29.9 Å². The van der Waals surface area contributed by atoms with Crippen LogP contribution in [0.3, 0.4) is 0 Å². The molecule has 0 saturated carbocycles. The fourth-order valence-corrected chi connectivity index (χ4v) is 18.5. The standard InChI is InChI=1S/C90H54N12O3S3/c1-10-28-73-61(19-1)97(62-20-2-11-29-74(62)103-73)58-37-40-70-82(52-58)106-79-34-16-7-25-67(79)100(70)85-43-46-91-88(94-85)55-49-56(89-92-47-44-86(95-89)101-68-26-8-17-35-80(68)107-83-53-59(38-41-71(83)101)98-63-21-3-12-30-75(63)104-76-31-13-4-22-64(76)98)51-57(50-55)90-93-48-45-87(96-90)102-69-27-9-18-36-81(69)108-84-54-60(39-42-72(84)102)99-65-23-5-14-32-77(65)105-78-33-15-6-24-66(78)99/h1-54H. The van der Waals surface area contributed by atoms with E-state index in [9.17, 15) is 0 Å². The molecule has 0 atom stereocenters. The van der Waals surface area contributed by atoms with Crippen molar-refractivity contribution in [1.29, 1.82) is 0 Å². The molecule has 0 aliphatic carbocycles. The zero-order valence-corrected chi connectivity index (χ0v) is 59.4. The maximum Gasteiger partial charge on any atom is 0.161 e. The molecule has 3 aromatic heterocycles. The van der Waals surface area contributed by atoms with Gasteiger partial charge < -0.3 is 28.9 Å². The van der Waals surface area contributed by atoms with Crippen LogP contribution in [0, 0.1) is 0 Å². The van der Waals surface area contributed by atoms with Gasteiger partial charge in [0.1, 0.15) is 17.5 Å². The normalized spacial score (nSPS) is 13.6. The van der Waals surface area contributed by atoms with Gasteiger partial charge in [-0.2, -0.15) is 0 Å². The molecule has 0 unspecified atom stereocenters. The molecule has 18 heteroatoms. The van der Waals surface area contributed by atoms with E-state index >= 15 is 0 Å². The van der Waals surface area contributed by atoms with E-state index in [0.717, 1.165) is 149 Å². The molecule has 510 valence electrons. The molecular weight excluding hydrogens is 1390 g/mol.